The van der Waals surface area contributed by atoms with Crippen LogP contribution in [0.15, 0.2) is 69.3 Å². The van der Waals surface area contributed by atoms with Crippen LogP contribution in [0.25, 0.3) is 0 Å². The van der Waals surface area contributed by atoms with Crippen LogP contribution in [0, 0.1) is 0 Å². The maximum absolute atomic E-state index is 12.3. The van der Waals surface area contributed by atoms with Gasteiger partial charge in [0.1, 0.15) is 4.90 Å². The number of rotatable bonds is 3. The Labute approximate surface area is 161 Å². The summed E-state index contributed by atoms with van der Waals surface area (Å²) in [5.74, 6) is 0. The van der Waals surface area contributed by atoms with Crippen molar-refractivity contribution in [3.8, 4) is 0 Å². The van der Waals surface area contributed by atoms with E-state index in [-0.39, 0.29) is 57.7 Å². The molecular formula is C12H11KO5S2. The van der Waals surface area contributed by atoms with Crippen molar-refractivity contribution in [3.63, 3.8) is 0 Å². The monoisotopic (exact) mass is 338 g/mol. The van der Waals surface area contributed by atoms with Crippen LogP contribution in [0.2, 0.25) is 0 Å². The third-order valence-corrected chi connectivity index (χ3v) is 5.34. The molecule has 102 valence electrons. The van der Waals surface area contributed by atoms with Gasteiger partial charge in [-0.3, -0.25) is 4.55 Å². The van der Waals surface area contributed by atoms with E-state index in [2.05, 4.69) is 0 Å². The fraction of sp³-hybridized carbons (Fsp3) is 0. The smallest absolute Gasteiger partial charge is 1.00 e. The molecule has 8 heteroatoms. The maximum atomic E-state index is 12.3. The molecule has 5 nitrogen and oxygen atoms in total. The van der Waals surface area contributed by atoms with Gasteiger partial charge in [0.25, 0.3) is 10.1 Å². The van der Waals surface area contributed by atoms with E-state index >= 15 is 0 Å². The fourth-order valence-electron chi connectivity index (χ4n) is 1.61. The number of hydrogen-bond acceptors (Lipinski definition) is 4. The second-order valence-corrected chi connectivity index (χ2v) is 7.05. The van der Waals surface area contributed by atoms with Crippen LogP contribution in [0.4, 0.5) is 0 Å². The molecule has 20 heavy (non-hydrogen) atoms. The Morgan fingerprint density at radius 2 is 1.20 bits per heavy atom. The van der Waals surface area contributed by atoms with E-state index in [4.69, 9.17) is 4.55 Å². The molecule has 0 bridgehead atoms. The molecule has 0 spiro atoms. The van der Waals surface area contributed by atoms with E-state index < -0.39 is 29.7 Å². The van der Waals surface area contributed by atoms with E-state index in [1.54, 1.807) is 6.07 Å². The molecule has 0 fully saturated rings. The standard InChI is InChI=1S/C12H10O5S2.K.H/c13-18(14,10-6-2-1-3-7-10)11-8-4-5-9-12(11)19(15,16)17;;/h1-9H,(H,15,16,17);;/q;+1;-1. The Hall–Kier alpha value is -0.0636. The van der Waals surface area contributed by atoms with Crippen molar-refractivity contribution in [2.75, 3.05) is 0 Å². The van der Waals surface area contributed by atoms with Crippen LogP contribution in [-0.2, 0) is 20.0 Å². The fourth-order valence-corrected chi connectivity index (χ4v) is 4.19. The minimum absolute atomic E-state index is 0. The topological polar surface area (TPSA) is 88.5 Å². The molecule has 0 radical (unpaired) electrons. The van der Waals surface area contributed by atoms with Gasteiger partial charge in [0.05, 0.1) is 9.79 Å². The maximum Gasteiger partial charge on any atom is 1.00 e. The average Bonchev–Trinajstić information content (AvgIpc) is 2.39. The van der Waals surface area contributed by atoms with Crippen molar-refractivity contribution < 1.29 is 74.2 Å². The van der Waals surface area contributed by atoms with Crippen molar-refractivity contribution in [3.05, 3.63) is 54.6 Å². The molecule has 0 amide bonds. The molecule has 2 aromatic carbocycles. The molecule has 0 saturated carbocycles. The summed E-state index contributed by atoms with van der Waals surface area (Å²) in [4.78, 5) is -1.10. The van der Waals surface area contributed by atoms with Gasteiger partial charge in [0.15, 0.2) is 0 Å². The Bertz CT molecular complexity index is 805. The van der Waals surface area contributed by atoms with Gasteiger partial charge in [-0.1, -0.05) is 30.3 Å². The van der Waals surface area contributed by atoms with E-state index in [1.165, 1.54) is 36.4 Å². The van der Waals surface area contributed by atoms with Gasteiger partial charge in [0, 0.05) is 0 Å². The van der Waals surface area contributed by atoms with Crippen LogP contribution in [-0.4, -0.2) is 21.4 Å². The average molecular weight is 338 g/mol. The summed E-state index contributed by atoms with van der Waals surface area (Å²) in [6.45, 7) is 0. The van der Waals surface area contributed by atoms with Gasteiger partial charge in [-0.05, 0) is 24.3 Å². The van der Waals surface area contributed by atoms with E-state index in [0.29, 0.717) is 0 Å². The molecule has 0 aliphatic heterocycles. The van der Waals surface area contributed by atoms with Gasteiger partial charge in [-0.15, -0.1) is 0 Å². The Morgan fingerprint density at radius 3 is 1.70 bits per heavy atom. The summed E-state index contributed by atoms with van der Waals surface area (Å²) in [6.07, 6.45) is 0. The quantitative estimate of drug-likeness (QED) is 0.566. The molecule has 0 atom stereocenters. The van der Waals surface area contributed by atoms with Gasteiger partial charge in [-0.25, -0.2) is 8.42 Å². The van der Waals surface area contributed by atoms with Crippen LogP contribution < -0.4 is 51.4 Å². The van der Waals surface area contributed by atoms with Crippen molar-refractivity contribution in [2.24, 2.45) is 0 Å². The summed E-state index contributed by atoms with van der Waals surface area (Å²) in [7, 11) is -8.60. The zero-order chi connectivity index (χ0) is 14.1. The first kappa shape index (κ1) is 18.0. The van der Waals surface area contributed by atoms with Gasteiger partial charge in [0.2, 0.25) is 9.84 Å². The molecule has 0 aliphatic carbocycles. The largest absolute Gasteiger partial charge is 1.00 e. The predicted octanol–water partition coefficient (Wildman–Crippen LogP) is -1.12. The molecule has 2 rings (SSSR count). The minimum atomic E-state index is -4.60. The second kappa shape index (κ2) is 6.80. The molecule has 2 aromatic rings. The Morgan fingerprint density at radius 1 is 0.750 bits per heavy atom. The minimum Gasteiger partial charge on any atom is -1.00 e. The first-order valence-corrected chi connectivity index (χ1v) is 8.12. The molecule has 1 N–H and O–H groups in total. The summed E-state index contributed by atoms with van der Waals surface area (Å²) >= 11 is 0. The number of benzene rings is 2. The second-order valence-electron chi connectivity index (χ2n) is 3.74. The normalized spacial score (nSPS) is 11.7. The Kier molecular flexibility index (Phi) is 6.11. The van der Waals surface area contributed by atoms with Gasteiger partial charge >= 0.3 is 51.4 Å². The Balaban J connectivity index is 0.00000200. The summed E-state index contributed by atoms with van der Waals surface area (Å²) in [5.41, 5.74) is 0. The SMILES string of the molecule is O=S(=O)(O)c1ccccc1S(=O)(=O)c1ccccc1.[H-].[K+]. The summed E-state index contributed by atoms with van der Waals surface area (Å²) < 4.78 is 56.2. The van der Waals surface area contributed by atoms with Crippen LogP contribution >= 0.6 is 0 Å². The predicted molar refractivity (Wildman–Crippen MR) is 69.3 cm³/mol. The third-order valence-electron chi connectivity index (χ3n) is 2.47. The van der Waals surface area contributed by atoms with Gasteiger partial charge in [-0.2, -0.15) is 8.42 Å². The molecule has 0 saturated heterocycles. The first-order chi connectivity index (χ1) is 8.83. The molecule has 0 unspecified atom stereocenters. The van der Waals surface area contributed by atoms with Crippen molar-refractivity contribution in [2.45, 2.75) is 14.7 Å². The first-order valence-electron chi connectivity index (χ1n) is 5.20. The van der Waals surface area contributed by atoms with E-state index in [9.17, 15) is 16.8 Å². The molecule has 0 heterocycles. The molecule has 0 aliphatic rings. The number of sulfone groups is 1. The van der Waals surface area contributed by atoms with Crippen LogP contribution in [0.3, 0.4) is 0 Å². The van der Waals surface area contributed by atoms with E-state index in [0.717, 1.165) is 12.1 Å². The summed E-state index contributed by atoms with van der Waals surface area (Å²) in [6, 6.07) is 12.3. The zero-order valence-corrected chi connectivity index (χ0v) is 15.3. The van der Waals surface area contributed by atoms with Crippen LogP contribution in [0.5, 0.6) is 0 Å². The molecular weight excluding hydrogens is 327 g/mol. The summed E-state index contributed by atoms with van der Waals surface area (Å²) in [5, 5.41) is 0. The van der Waals surface area contributed by atoms with Crippen molar-refractivity contribution in [1.82, 2.24) is 0 Å². The van der Waals surface area contributed by atoms with Crippen molar-refractivity contribution in [1.29, 1.82) is 0 Å². The van der Waals surface area contributed by atoms with Gasteiger partial charge < -0.3 is 1.43 Å². The molecule has 0 aromatic heterocycles. The zero-order valence-electron chi connectivity index (χ0n) is 11.6. The van der Waals surface area contributed by atoms with E-state index in [1.807, 2.05) is 0 Å². The van der Waals surface area contributed by atoms with Crippen LogP contribution in [0.1, 0.15) is 1.43 Å². The van der Waals surface area contributed by atoms with Crippen molar-refractivity contribution >= 4 is 20.0 Å². The number of hydrogen-bond donors (Lipinski definition) is 1. The third kappa shape index (κ3) is 3.77.